The third kappa shape index (κ3) is 3.44. The van der Waals surface area contributed by atoms with Crippen molar-refractivity contribution in [3.63, 3.8) is 0 Å². The number of nitrogen functional groups attached to an aromatic ring is 1. The van der Waals surface area contributed by atoms with E-state index in [1.54, 1.807) is 12.1 Å². The van der Waals surface area contributed by atoms with Gasteiger partial charge < -0.3 is 5.73 Å². The molecule has 0 aromatic heterocycles. The normalized spacial score (nSPS) is 20.3. The second-order valence-electron chi connectivity index (χ2n) is 7.17. The summed E-state index contributed by atoms with van der Waals surface area (Å²) in [6.07, 6.45) is 7.04. The SMILES string of the molecule is CCCC1CCC(c2ccc(-c3c(F)c(F)c(N)c(F)c3F)cc2)CC1. The van der Waals surface area contributed by atoms with E-state index in [2.05, 4.69) is 6.92 Å². The van der Waals surface area contributed by atoms with Crippen molar-refractivity contribution in [3.8, 4) is 11.1 Å². The van der Waals surface area contributed by atoms with Crippen LogP contribution in [0.5, 0.6) is 0 Å². The molecule has 0 amide bonds. The Morgan fingerprint density at radius 3 is 1.88 bits per heavy atom. The number of halogens is 4. The fraction of sp³-hybridized carbons (Fsp3) is 0.429. The van der Waals surface area contributed by atoms with Crippen LogP contribution in [0, 0.1) is 29.2 Å². The molecule has 2 N–H and O–H groups in total. The summed E-state index contributed by atoms with van der Waals surface area (Å²) in [4.78, 5) is 0. The summed E-state index contributed by atoms with van der Waals surface area (Å²) in [6.45, 7) is 2.20. The lowest BCUT2D eigenvalue weighted by atomic mass is 9.77. The molecule has 2 aromatic carbocycles. The summed E-state index contributed by atoms with van der Waals surface area (Å²) >= 11 is 0. The quantitative estimate of drug-likeness (QED) is 0.370. The van der Waals surface area contributed by atoms with Gasteiger partial charge in [0.15, 0.2) is 23.3 Å². The maximum Gasteiger partial charge on any atom is 0.185 e. The van der Waals surface area contributed by atoms with Crippen LogP contribution in [0.15, 0.2) is 24.3 Å². The lowest BCUT2D eigenvalue weighted by Gasteiger charge is -2.28. The lowest BCUT2D eigenvalue weighted by Crippen LogP contribution is -2.13. The van der Waals surface area contributed by atoms with Crippen LogP contribution in [0.3, 0.4) is 0 Å². The molecule has 1 aliphatic rings. The van der Waals surface area contributed by atoms with Crippen LogP contribution < -0.4 is 5.73 Å². The first-order chi connectivity index (χ1) is 12.4. The molecule has 0 bridgehead atoms. The van der Waals surface area contributed by atoms with Crippen LogP contribution in [0.4, 0.5) is 23.2 Å². The zero-order valence-corrected chi connectivity index (χ0v) is 14.8. The minimum atomic E-state index is -1.56. The molecule has 2 aromatic rings. The summed E-state index contributed by atoms with van der Waals surface area (Å²) in [7, 11) is 0. The first kappa shape index (κ1) is 18.7. The van der Waals surface area contributed by atoms with Crippen molar-refractivity contribution in [2.75, 3.05) is 5.73 Å². The summed E-state index contributed by atoms with van der Waals surface area (Å²) in [5.41, 5.74) is 4.40. The average Bonchev–Trinajstić information content (AvgIpc) is 2.66. The molecule has 1 saturated carbocycles. The topological polar surface area (TPSA) is 26.0 Å². The minimum absolute atomic E-state index is 0.0984. The summed E-state index contributed by atoms with van der Waals surface area (Å²) in [5, 5.41) is 0. The molecule has 140 valence electrons. The van der Waals surface area contributed by atoms with Gasteiger partial charge in [0, 0.05) is 0 Å². The molecule has 1 nitrogen and oxygen atoms in total. The molecule has 0 saturated heterocycles. The van der Waals surface area contributed by atoms with Gasteiger partial charge in [0.25, 0.3) is 0 Å². The van der Waals surface area contributed by atoms with Gasteiger partial charge in [-0.2, -0.15) is 0 Å². The smallest absolute Gasteiger partial charge is 0.185 e. The maximum atomic E-state index is 14.1. The van der Waals surface area contributed by atoms with Crippen LogP contribution in [0.25, 0.3) is 11.1 Å². The van der Waals surface area contributed by atoms with Gasteiger partial charge in [-0.1, -0.05) is 44.0 Å². The van der Waals surface area contributed by atoms with Gasteiger partial charge in [0.2, 0.25) is 0 Å². The fourth-order valence-corrected chi connectivity index (χ4v) is 4.02. The van der Waals surface area contributed by atoms with Crippen LogP contribution in [-0.4, -0.2) is 0 Å². The molecule has 0 spiro atoms. The monoisotopic (exact) mass is 365 g/mol. The van der Waals surface area contributed by atoms with E-state index in [-0.39, 0.29) is 5.56 Å². The molecule has 3 rings (SSSR count). The Balaban J connectivity index is 1.83. The first-order valence-electron chi connectivity index (χ1n) is 9.15. The van der Waals surface area contributed by atoms with Crippen molar-refractivity contribution in [2.24, 2.45) is 5.92 Å². The van der Waals surface area contributed by atoms with E-state index in [0.29, 0.717) is 5.92 Å². The van der Waals surface area contributed by atoms with E-state index in [0.717, 1.165) is 24.3 Å². The zero-order valence-electron chi connectivity index (χ0n) is 14.8. The molecule has 0 heterocycles. The molecule has 1 aliphatic carbocycles. The summed E-state index contributed by atoms with van der Waals surface area (Å²) in [6, 6.07) is 6.63. The molecule has 0 radical (unpaired) electrons. The average molecular weight is 365 g/mol. The van der Waals surface area contributed by atoms with Crippen molar-refractivity contribution in [1.29, 1.82) is 0 Å². The highest BCUT2D eigenvalue weighted by Crippen LogP contribution is 2.39. The predicted molar refractivity (Wildman–Crippen MR) is 95.7 cm³/mol. The molecule has 0 aliphatic heterocycles. The molecule has 5 heteroatoms. The van der Waals surface area contributed by atoms with E-state index in [4.69, 9.17) is 5.73 Å². The van der Waals surface area contributed by atoms with Crippen molar-refractivity contribution in [2.45, 2.75) is 51.4 Å². The number of anilines is 1. The van der Waals surface area contributed by atoms with E-state index >= 15 is 0 Å². The van der Waals surface area contributed by atoms with Gasteiger partial charge in [0.1, 0.15) is 5.69 Å². The Kier molecular flexibility index (Phi) is 5.54. The number of hydrogen-bond acceptors (Lipinski definition) is 1. The molecule has 1 fully saturated rings. The second-order valence-corrected chi connectivity index (χ2v) is 7.17. The Hall–Kier alpha value is -2.04. The predicted octanol–water partition coefficient (Wildman–Crippen LogP) is 6.57. The molecule has 26 heavy (non-hydrogen) atoms. The van der Waals surface area contributed by atoms with Gasteiger partial charge in [0.05, 0.1) is 5.56 Å². The van der Waals surface area contributed by atoms with Crippen molar-refractivity contribution in [3.05, 3.63) is 53.1 Å². The van der Waals surface area contributed by atoms with Gasteiger partial charge in [-0.25, -0.2) is 17.6 Å². The molecular formula is C21H23F4N. The largest absolute Gasteiger partial charge is 0.394 e. The Labute approximate surface area is 151 Å². The van der Waals surface area contributed by atoms with Gasteiger partial charge >= 0.3 is 0 Å². The van der Waals surface area contributed by atoms with Crippen molar-refractivity contribution < 1.29 is 17.6 Å². The summed E-state index contributed by atoms with van der Waals surface area (Å²) in [5.74, 6) is -4.83. The molecule has 0 unspecified atom stereocenters. The van der Waals surface area contributed by atoms with Crippen molar-refractivity contribution >= 4 is 5.69 Å². The van der Waals surface area contributed by atoms with Crippen LogP contribution in [-0.2, 0) is 0 Å². The van der Waals surface area contributed by atoms with Crippen LogP contribution in [0.1, 0.15) is 56.9 Å². The Morgan fingerprint density at radius 2 is 1.38 bits per heavy atom. The van der Waals surface area contributed by atoms with E-state index in [1.807, 2.05) is 0 Å². The number of rotatable bonds is 4. The molecular weight excluding hydrogens is 342 g/mol. The van der Waals surface area contributed by atoms with Gasteiger partial charge in [-0.05, 0) is 48.6 Å². The second kappa shape index (κ2) is 7.68. The first-order valence-corrected chi connectivity index (χ1v) is 9.15. The van der Waals surface area contributed by atoms with Crippen LogP contribution >= 0.6 is 0 Å². The van der Waals surface area contributed by atoms with Crippen molar-refractivity contribution in [1.82, 2.24) is 0 Å². The maximum absolute atomic E-state index is 14.1. The van der Waals surface area contributed by atoms with Gasteiger partial charge in [-0.15, -0.1) is 0 Å². The third-order valence-electron chi connectivity index (χ3n) is 5.51. The fourth-order valence-electron chi connectivity index (χ4n) is 4.02. The lowest BCUT2D eigenvalue weighted by molar-refractivity contribution is 0.308. The van der Waals surface area contributed by atoms with Gasteiger partial charge in [-0.3, -0.25) is 0 Å². The van der Waals surface area contributed by atoms with E-state index in [9.17, 15) is 17.6 Å². The number of nitrogens with two attached hydrogens (primary N) is 1. The third-order valence-corrected chi connectivity index (χ3v) is 5.51. The number of hydrogen-bond donors (Lipinski definition) is 1. The van der Waals surface area contributed by atoms with E-state index in [1.165, 1.54) is 37.8 Å². The van der Waals surface area contributed by atoms with E-state index < -0.39 is 34.5 Å². The molecule has 0 atom stereocenters. The standard InChI is InChI=1S/C21H23F4N/c1-2-3-12-4-6-13(7-5-12)14-8-10-15(11-9-14)16-17(22)19(24)21(26)20(25)18(16)23/h8-13H,2-7,26H2,1H3. The number of benzene rings is 2. The highest BCUT2D eigenvalue weighted by atomic mass is 19.2. The highest BCUT2D eigenvalue weighted by Gasteiger charge is 2.26. The summed E-state index contributed by atoms with van der Waals surface area (Å²) < 4.78 is 55.6. The minimum Gasteiger partial charge on any atom is -0.394 e. The Bertz CT molecular complexity index is 749. The zero-order chi connectivity index (χ0) is 18.8. The highest BCUT2D eigenvalue weighted by molar-refractivity contribution is 5.68. The Morgan fingerprint density at radius 1 is 0.846 bits per heavy atom. The van der Waals surface area contributed by atoms with Crippen LogP contribution in [0.2, 0.25) is 0 Å².